The first-order valence-corrected chi connectivity index (χ1v) is 8.86. The summed E-state index contributed by atoms with van der Waals surface area (Å²) in [4.78, 5) is 4.21. The minimum atomic E-state index is -0.204. The average molecular weight is 366 g/mol. The molecular weight excluding hydrogens is 343 g/mol. The van der Waals surface area contributed by atoms with Gasteiger partial charge < -0.3 is 15.2 Å². The van der Waals surface area contributed by atoms with Crippen LogP contribution in [0, 0.1) is 12.7 Å². The number of aryl methyl sites for hydroxylation is 1. The van der Waals surface area contributed by atoms with Crippen LogP contribution in [0.1, 0.15) is 16.8 Å². The van der Waals surface area contributed by atoms with Crippen LogP contribution in [0.2, 0.25) is 0 Å². The van der Waals surface area contributed by atoms with Crippen molar-refractivity contribution in [2.75, 3.05) is 13.6 Å². The Hall–Kier alpha value is -3.15. The van der Waals surface area contributed by atoms with Crippen molar-refractivity contribution in [1.29, 1.82) is 0 Å². The lowest BCUT2D eigenvalue weighted by Crippen LogP contribution is -2.38. The van der Waals surface area contributed by atoms with E-state index >= 15 is 0 Å². The minimum absolute atomic E-state index is 0.204. The van der Waals surface area contributed by atoms with Crippen molar-refractivity contribution in [3.63, 3.8) is 0 Å². The molecule has 6 heteroatoms. The molecule has 0 bridgehead atoms. The van der Waals surface area contributed by atoms with Gasteiger partial charge in [-0.2, -0.15) is 0 Å². The van der Waals surface area contributed by atoms with Crippen LogP contribution in [0.4, 0.5) is 4.39 Å². The van der Waals surface area contributed by atoms with E-state index in [1.54, 1.807) is 13.1 Å². The van der Waals surface area contributed by atoms with Crippen molar-refractivity contribution in [3.05, 3.63) is 77.2 Å². The van der Waals surface area contributed by atoms with E-state index < -0.39 is 0 Å². The predicted octanol–water partition coefficient (Wildman–Crippen LogP) is 3.70. The third-order valence-electron chi connectivity index (χ3n) is 4.27. The summed E-state index contributed by atoms with van der Waals surface area (Å²) in [6.45, 7) is 3.12. The van der Waals surface area contributed by atoms with Crippen molar-refractivity contribution < 1.29 is 8.91 Å². The van der Waals surface area contributed by atoms with Gasteiger partial charge in [0.25, 0.3) is 0 Å². The second-order valence-corrected chi connectivity index (χ2v) is 6.22. The molecule has 0 amide bonds. The first-order chi connectivity index (χ1) is 13.2. The number of rotatable bonds is 6. The fourth-order valence-corrected chi connectivity index (χ4v) is 2.78. The fraction of sp³-hybridized carbons (Fsp3) is 0.238. The predicted molar refractivity (Wildman–Crippen MR) is 105 cm³/mol. The number of nitrogens with zero attached hydrogens (tertiary/aromatic N) is 2. The van der Waals surface area contributed by atoms with Crippen LogP contribution < -0.4 is 10.6 Å². The Morgan fingerprint density at radius 3 is 2.67 bits per heavy atom. The molecule has 5 nitrogen and oxygen atoms in total. The summed E-state index contributed by atoms with van der Waals surface area (Å²) in [5.74, 6) is 1.21. The minimum Gasteiger partial charge on any atom is -0.356 e. The number of guanidine groups is 1. The van der Waals surface area contributed by atoms with E-state index in [1.807, 2.05) is 49.4 Å². The van der Waals surface area contributed by atoms with E-state index in [2.05, 4.69) is 20.8 Å². The van der Waals surface area contributed by atoms with Gasteiger partial charge in [0.05, 0.1) is 6.54 Å². The molecule has 1 aromatic heterocycles. The quantitative estimate of drug-likeness (QED) is 0.516. The molecular formula is C21H23FN4O. The van der Waals surface area contributed by atoms with Crippen LogP contribution in [-0.2, 0) is 13.0 Å². The van der Waals surface area contributed by atoms with Crippen molar-refractivity contribution in [2.45, 2.75) is 19.9 Å². The third kappa shape index (κ3) is 5.17. The van der Waals surface area contributed by atoms with Gasteiger partial charge in [-0.1, -0.05) is 41.6 Å². The molecule has 0 radical (unpaired) electrons. The number of nitrogens with one attached hydrogen (secondary N) is 2. The molecule has 2 aromatic carbocycles. The summed E-state index contributed by atoms with van der Waals surface area (Å²) in [6, 6.07) is 16.6. The zero-order valence-electron chi connectivity index (χ0n) is 15.5. The molecule has 27 heavy (non-hydrogen) atoms. The van der Waals surface area contributed by atoms with Gasteiger partial charge >= 0.3 is 0 Å². The van der Waals surface area contributed by atoms with E-state index in [9.17, 15) is 4.39 Å². The number of aliphatic imine (C=N–C) groups is 1. The maximum atomic E-state index is 13.2. The Morgan fingerprint density at radius 2 is 1.93 bits per heavy atom. The van der Waals surface area contributed by atoms with Crippen LogP contribution in [0.5, 0.6) is 0 Å². The molecule has 0 aliphatic carbocycles. The SMILES string of the molecule is CN=C(NCCc1ccc(F)cc1C)NCc1cc(-c2ccccc2)on1. The van der Waals surface area contributed by atoms with Gasteiger partial charge in [0.2, 0.25) is 0 Å². The maximum absolute atomic E-state index is 13.2. The van der Waals surface area contributed by atoms with Gasteiger partial charge in [-0.25, -0.2) is 4.39 Å². The third-order valence-corrected chi connectivity index (χ3v) is 4.27. The van der Waals surface area contributed by atoms with Crippen LogP contribution >= 0.6 is 0 Å². The second-order valence-electron chi connectivity index (χ2n) is 6.22. The highest BCUT2D eigenvalue weighted by Gasteiger charge is 2.07. The van der Waals surface area contributed by atoms with Crippen molar-refractivity contribution in [2.24, 2.45) is 4.99 Å². The Morgan fingerprint density at radius 1 is 1.11 bits per heavy atom. The molecule has 0 saturated carbocycles. The van der Waals surface area contributed by atoms with Crippen molar-refractivity contribution in [1.82, 2.24) is 15.8 Å². The first kappa shape index (κ1) is 18.6. The summed E-state index contributed by atoms with van der Waals surface area (Å²) < 4.78 is 18.6. The summed E-state index contributed by atoms with van der Waals surface area (Å²) in [5, 5.41) is 10.6. The number of hydrogen-bond donors (Lipinski definition) is 2. The molecule has 3 rings (SSSR count). The van der Waals surface area contributed by atoms with Gasteiger partial charge in [-0.05, 0) is 36.6 Å². The second kappa shape index (κ2) is 8.98. The van der Waals surface area contributed by atoms with E-state index in [1.165, 1.54) is 6.07 Å². The van der Waals surface area contributed by atoms with Gasteiger partial charge in [0.15, 0.2) is 11.7 Å². The van der Waals surface area contributed by atoms with Crippen LogP contribution in [-0.4, -0.2) is 24.7 Å². The molecule has 0 aliphatic rings. The lowest BCUT2D eigenvalue weighted by molar-refractivity contribution is 0.422. The van der Waals surface area contributed by atoms with E-state index in [4.69, 9.17) is 4.52 Å². The van der Waals surface area contributed by atoms with Crippen LogP contribution in [0.15, 0.2) is 64.1 Å². The normalized spacial score (nSPS) is 11.4. The topological polar surface area (TPSA) is 62.5 Å². The van der Waals surface area contributed by atoms with Crippen molar-refractivity contribution in [3.8, 4) is 11.3 Å². The van der Waals surface area contributed by atoms with E-state index in [0.717, 1.165) is 34.6 Å². The number of aromatic nitrogens is 1. The highest BCUT2D eigenvalue weighted by atomic mass is 19.1. The molecule has 0 saturated heterocycles. The number of halogens is 1. The Balaban J connectivity index is 1.49. The highest BCUT2D eigenvalue weighted by Crippen LogP contribution is 2.19. The monoisotopic (exact) mass is 366 g/mol. The smallest absolute Gasteiger partial charge is 0.191 e. The highest BCUT2D eigenvalue weighted by molar-refractivity contribution is 5.79. The van der Waals surface area contributed by atoms with Crippen LogP contribution in [0.25, 0.3) is 11.3 Å². The van der Waals surface area contributed by atoms with Crippen molar-refractivity contribution >= 4 is 5.96 Å². The first-order valence-electron chi connectivity index (χ1n) is 8.86. The largest absolute Gasteiger partial charge is 0.356 e. The molecule has 0 atom stereocenters. The average Bonchev–Trinajstić information content (AvgIpc) is 3.16. The van der Waals surface area contributed by atoms with Gasteiger partial charge in [-0.15, -0.1) is 0 Å². The Labute approximate surface area is 158 Å². The zero-order valence-corrected chi connectivity index (χ0v) is 15.5. The molecule has 0 fully saturated rings. The van der Waals surface area contributed by atoms with Gasteiger partial charge in [-0.3, -0.25) is 4.99 Å². The zero-order chi connectivity index (χ0) is 19.1. The summed E-state index contributed by atoms with van der Waals surface area (Å²) in [5.41, 5.74) is 3.86. The van der Waals surface area contributed by atoms with E-state index in [0.29, 0.717) is 19.0 Å². The van der Waals surface area contributed by atoms with Crippen LogP contribution in [0.3, 0.4) is 0 Å². The molecule has 140 valence electrons. The number of hydrogen-bond acceptors (Lipinski definition) is 3. The van der Waals surface area contributed by atoms with Gasteiger partial charge in [0.1, 0.15) is 11.5 Å². The number of benzene rings is 2. The molecule has 2 N–H and O–H groups in total. The summed E-state index contributed by atoms with van der Waals surface area (Å²) in [6.07, 6.45) is 0.787. The molecule has 3 aromatic rings. The fourth-order valence-electron chi connectivity index (χ4n) is 2.78. The molecule has 0 unspecified atom stereocenters. The Bertz CT molecular complexity index is 906. The summed E-state index contributed by atoms with van der Waals surface area (Å²) >= 11 is 0. The molecule has 0 aliphatic heterocycles. The maximum Gasteiger partial charge on any atom is 0.191 e. The Kier molecular flexibility index (Phi) is 6.20. The lowest BCUT2D eigenvalue weighted by atomic mass is 10.1. The van der Waals surface area contributed by atoms with E-state index in [-0.39, 0.29) is 5.82 Å². The molecule has 1 heterocycles. The summed E-state index contributed by atoms with van der Waals surface area (Å²) in [7, 11) is 1.72. The standard InChI is InChI=1S/C21H23FN4O/c1-15-12-18(22)9-8-16(15)10-11-24-21(23-2)25-14-19-13-20(27-26-19)17-6-4-3-5-7-17/h3-9,12-13H,10-11,14H2,1-2H3,(H2,23,24,25). The molecule has 0 spiro atoms. The van der Waals surface area contributed by atoms with Gasteiger partial charge in [0, 0.05) is 25.2 Å². The lowest BCUT2D eigenvalue weighted by Gasteiger charge is -2.11.